The summed E-state index contributed by atoms with van der Waals surface area (Å²) in [6.07, 6.45) is 4.70. The maximum Gasteiger partial charge on any atom is 0.251 e. The van der Waals surface area contributed by atoms with Crippen LogP contribution in [0.15, 0.2) is 73.1 Å². The van der Waals surface area contributed by atoms with Crippen molar-refractivity contribution in [3.8, 4) is 11.4 Å². The molecule has 1 N–H and O–H groups in total. The first kappa shape index (κ1) is 15.9. The number of carbonyl (C=O) groups excluding carboxylic acids is 1. The van der Waals surface area contributed by atoms with E-state index in [2.05, 4.69) is 5.32 Å². The molecule has 1 aromatic heterocycles. The molecule has 1 amide bonds. The zero-order chi connectivity index (χ0) is 16.8. The van der Waals surface area contributed by atoms with Crippen LogP contribution in [0.25, 0.3) is 5.69 Å². The minimum absolute atomic E-state index is 0.0579. The number of nitrogens with zero attached hydrogens (tertiary/aromatic N) is 1. The van der Waals surface area contributed by atoms with E-state index >= 15 is 0 Å². The second-order valence-corrected chi connectivity index (χ2v) is 5.49. The number of methoxy groups -OCH3 is 1. The first-order chi connectivity index (χ1) is 11.8. The van der Waals surface area contributed by atoms with Gasteiger partial charge in [-0.2, -0.15) is 0 Å². The summed E-state index contributed by atoms with van der Waals surface area (Å²) in [6.45, 7) is 0.596. The van der Waals surface area contributed by atoms with Crippen LogP contribution in [0.2, 0.25) is 0 Å². The Balaban J connectivity index is 1.58. The third kappa shape index (κ3) is 3.84. The Morgan fingerprint density at radius 3 is 2.50 bits per heavy atom. The number of ether oxygens (including phenoxy) is 1. The molecule has 24 heavy (non-hydrogen) atoms. The Hall–Kier alpha value is -3.01. The monoisotopic (exact) mass is 320 g/mol. The van der Waals surface area contributed by atoms with Crippen molar-refractivity contribution in [3.63, 3.8) is 0 Å². The number of carbonyl (C=O) groups is 1. The van der Waals surface area contributed by atoms with Crippen molar-refractivity contribution in [2.24, 2.45) is 0 Å². The predicted molar refractivity (Wildman–Crippen MR) is 94.8 cm³/mol. The average Bonchev–Trinajstić information content (AvgIpc) is 3.17. The lowest BCUT2D eigenvalue weighted by Crippen LogP contribution is -2.25. The fourth-order valence-electron chi connectivity index (χ4n) is 2.53. The number of benzene rings is 2. The molecule has 4 heteroatoms. The normalized spacial score (nSPS) is 10.4. The molecule has 122 valence electrons. The smallest absolute Gasteiger partial charge is 0.251 e. The summed E-state index contributed by atoms with van der Waals surface area (Å²) in [7, 11) is 1.65. The first-order valence-electron chi connectivity index (χ1n) is 7.91. The Morgan fingerprint density at radius 2 is 1.79 bits per heavy atom. The van der Waals surface area contributed by atoms with E-state index in [0.717, 1.165) is 23.4 Å². The number of hydrogen-bond acceptors (Lipinski definition) is 2. The summed E-state index contributed by atoms with van der Waals surface area (Å²) < 4.78 is 7.12. The van der Waals surface area contributed by atoms with Crippen molar-refractivity contribution in [3.05, 3.63) is 84.2 Å². The number of nitrogens with one attached hydrogen (secondary N) is 1. The van der Waals surface area contributed by atoms with Crippen molar-refractivity contribution in [1.82, 2.24) is 9.88 Å². The van der Waals surface area contributed by atoms with E-state index in [1.807, 2.05) is 77.6 Å². The molecule has 3 aromatic rings. The fourth-order valence-corrected chi connectivity index (χ4v) is 2.53. The van der Waals surface area contributed by atoms with E-state index in [-0.39, 0.29) is 5.91 Å². The quantitative estimate of drug-likeness (QED) is 0.756. The minimum atomic E-state index is -0.0579. The van der Waals surface area contributed by atoms with E-state index in [1.165, 1.54) is 0 Å². The second kappa shape index (κ2) is 7.51. The third-order valence-electron chi connectivity index (χ3n) is 3.87. The van der Waals surface area contributed by atoms with Crippen LogP contribution in [0, 0.1) is 0 Å². The van der Waals surface area contributed by atoms with Crippen LogP contribution in [-0.4, -0.2) is 24.1 Å². The van der Waals surface area contributed by atoms with Gasteiger partial charge in [0.05, 0.1) is 7.11 Å². The van der Waals surface area contributed by atoms with Crippen molar-refractivity contribution in [1.29, 1.82) is 0 Å². The van der Waals surface area contributed by atoms with Gasteiger partial charge in [-0.1, -0.05) is 18.2 Å². The number of hydrogen-bond donors (Lipinski definition) is 1. The molecule has 2 aromatic carbocycles. The second-order valence-electron chi connectivity index (χ2n) is 5.49. The molecular formula is C20H20N2O2. The molecule has 0 fully saturated rings. The molecule has 0 aliphatic heterocycles. The molecule has 0 aliphatic rings. The predicted octanol–water partition coefficient (Wildman–Crippen LogP) is 3.46. The SMILES string of the molecule is COc1ccc(CCNC(=O)c2cccc(-n3cccc3)c2)cc1. The van der Waals surface area contributed by atoms with Gasteiger partial charge in [0.1, 0.15) is 5.75 Å². The van der Waals surface area contributed by atoms with Gasteiger partial charge in [-0.15, -0.1) is 0 Å². The molecular weight excluding hydrogens is 300 g/mol. The van der Waals surface area contributed by atoms with Crippen LogP contribution in [0.4, 0.5) is 0 Å². The summed E-state index contributed by atoms with van der Waals surface area (Å²) in [5, 5.41) is 2.97. The van der Waals surface area contributed by atoms with Crippen molar-refractivity contribution in [2.45, 2.75) is 6.42 Å². The molecule has 0 unspecified atom stereocenters. The highest BCUT2D eigenvalue weighted by Crippen LogP contribution is 2.12. The van der Waals surface area contributed by atoms with Gasteiger partial charge >= 0.3 is 0 Å². The molecule has 0 aliphatic carbocycles. The van der Waals surface area contributed by atoms with Crippen molar-refractivity contribution < 1.29 is 9.53 Å². The van der Waals surface area contributed by atoms with Gasteiger partial charge in [-0.25, -0.2) is 0 Å². The largest absolute Gasteiger partial charge is 0.497 e. The van der Waals surface area contributed by atoms with Crippen molar-refractivity contribution in [2.75, 3.05) is 13.7 Å². The van der Waals surface area contributed by atoms with Gasteiger partial charge in [0, 0.05) is 30.2 Å². The average molecular weight is 320 g/mol. The van der Waals surface area contributed by atoms with Crippen LogP contribution in [0.1, 0.15) is 15.9 Å². The highest BCUT2D eigenvalue weighted by Gasteiger charge is 2.06. The Bertz CT molecular complexity index is 793. The Labute approximate surface area is 141 Å². The number of rotatable bonds is 6. The highest BCUT2D eigenvalue weighted by molar-refractivity contribution is 5.94. The molecule has 0 bridgehead atoms. The summed E-state index contributed by atoms with van der Waals surface area (Å²) >= 11 is 0. The molecule has 1 heterocycles. The van der Waals surface area contributed by atoms with E-state index in [0.29, 0.717) is 12.1 Å². The molecule has 3 rings (SSSR count). The standard InChI is InChI=1S/C20H20N2O2/c1-24-19-9-7-16(8-10-19)11-12-21-20(23)17-5-4-6-18(15-17)22-13-2-3-14-22/h2-10,13-15H,11-12H2,1H3,(H,21,23). The molecule has 0 spiro atoms. The lowest BCUT2D eigenvalue weighted by atomic mass is 10.1. The Kier molecular flexibility index (Phi) is 4.96. The van der Waals surface area contributed by atoms with Crippen molar-refractivity contribution >= 4 is 5.91 Å². The number of amides is 1. The number of aromatic nitrogens is 1. The molecule has 0 atom stereocenters. The fraction of sp³-hybridized carbons (Fsp3) is 0.150. The Morgan fingerprint density at radius 1 is 1.04 bits per heavy atom. The first-order valence-corrected chi connectivity index (χ1v) is 7.91. The van der Waals surface area contributed by atoms with Crippen LogP contribution < -0.4 is 10.1 Å². The zero-order valence-corrected chi connectivity index (χ0v) is 13.6. The lowest BCUT2D eigenvalue weighted by molar-refractivity contribution is 0.0954. The van der Waals surface area contributed by atoms with Gasteiger partial charge in [0.25, 0.3) is 5.91 Å². The lowest BCUT2D eigenvalue weighted by Gasteiger charge is -2.08. The van der Waals surface area contributed by atoms with E-state index in [4.69, 9.17) is 4.74 Å². The van der Waals surface area contributed by atoms with E-state index in [1.54, 1.807) is 7.11 Å². The summed E-state index contributed by atoms with van der Waals surface area (Å²) in [6, 6.07) is 19.4. The molecule has 4 nitrogen and oxygen atoms in total. The van der Waals surface area contributed by atoms with Gasteiger partial charge in [-0.05, 0) is 54.4 Å². The van der Waals surface area contributed by atoms with Gasteiger partial charge < -0.3 is 14.6 Å². The molecule has 0 saturated heterocycles. The van der Waals surface area contributed by atoms with Gasteiger partial charge in [0.2, 0.25) is 0 Å². The van der Waals surface area contributed by atoms with Crippen LogP contribution in [0.3, 0.4) is 0 Å². The topological polar surface area (TPSA) is 43.3 Å². The summed E-state index contributed by atoms with van der Waals surface area (Å²) in [5.41, 5.74) is 2.80. The third-order valence-corrected chi connectivity index (χ3v) is 3.87. The summed E-state index contributed by atoms with van der Waals surface area (Å²) in [5.74, 6) is 0.780. The van der Waals surface area contributed by atoms with Crippen LogP contribution >= 0.6 is 0 Å². The highest BCUT2D eigenvalue weighted by atomic mass is 16.5. The summed E-state index contributed by atoms with van der Waals surface area (Å²) in [4.78, 5) is 12.3. The van der Waals surface area contributed by atoms with E-state index in [9.17, 15) is 4.79 Å². The van der Waals surface area contributed by atoms with E-state index < -0.39 is 0 Å². The van der Waals surface area contributed by atoms with Crippen LogP contribution in [0.5, 0.6) is 5.75 Å². The van der Waals surface area contributed by atoms with Gasteiger partial charge in [0.15, 0.2) is 0 Å². The van der Waals surface area contributed by atoms with Crippen LogP contribution in [-0.2, 0) is 6.42 Å². The maximum absolute atomic E-state index is 12.3. The molecule has 0 radical (unpaired) electrons. The van der Waals surface area contributed by atoms with Gasteiger partial charge in [-0.3, -0.25) is 4.79 Å². The molecule has 0 saturated carbocycles. The minimum Gasteiger partial charge on any atom is -0.497 e. The maximum atomic E-state index is 12.3. The zero-order valence-electron chi connectivity index (χ0n) is 13.6.